The number of anilines is 2. The zero-order chi connectivity index (χ0) is 26.5. The molecule has 2 aromatic heterocycles. The van der Waals surface area contributed by atoms with E-state index < -0.39 is 5.82 Å². The number of halogens is 2. The van der Waals surface area contributed by atoms with Crippen molar-refractivity contribution in [3.05, 3.63) is 65.4 Å². The molecule has 0 amide bonds. The number of hydrogen-bond donors (Lipinski definition) is 1. The van der Waals surface area contributed by atoms with E-state index >= 15 is 0 Å². The van der Waals surface area contributed by atoms with Gasteiger partial charge in [-0.3, -0.25) is 4.79 Å². The third-order valence-electron chi connectivity index (χ3n) is 6.00. The molecule has 1 N–H and O–H groups in total. The molecular formula is C28H25ClFN3O4. The lowest BCUT2D eigenvalue weighted by Crippen LogP contribution is -2.13. The van der Waals surface area contributed by atoms with Crippen LogP contribution in [-0.4, -0.2) is 30.2 Å². The number of benzene rings is 2. The second kappa shape index (κ2) is 11.3. The third-order valence-corrected chi connectivity index (χ3v) is 6.29. The van der Waals surface area contributed by atoms with Crippen LogP contribution in [0.15, 0.2) is 53.2 Å². The van der Waals surface area contributed by atoms with Gasteiger partial charge in [-0.25, -0.2) is 14.4 Å². The molecule has 0 spiro atoms. The van der Waals surface area contributed by atoms with Gasteiger partial charge in [-0.05, 0) is 48.2 Å². The second-order valence-electron chi connectivity index (χ2n) is 8.53. The summed E-state index contributed by atoms with van der Waals surface area (Å²) in [5.41, 5.74) is 1.91. The summed E-state index contributed by atoms with van der Waals surface area (Å²) in [7, 11) is 2.94. The number of carbonyl (C=O) groups is 1. The largest absolute Gasteiger partial charge is 0.496 e. The molecule has 0 fully saturated rings. The lowest BCUT2D eigenvalue weighted by Gasteiger charge is -2.12. The number of furan rings is 1. The Morgan fingerprint density at radius 2 is 1.97 bits per heavy atom. The van der Waals surface area contributed by atoms with Crippen LogP contribution in [-0.2, 0) is 9.53 Å². The minimum atomic E-state index is -0.504. The molecule has 190 valence electrons. The normalized spacial score (nSPS) is 12.4. The molecule has 37 heavy (non-hydrogen) atoms. The van der Waals surface area contributed by atoms with Crippen LogP contribution in [0.2, 0.25) is 5.02 Å². The summed E-state index contributed by atoms with van der Waals surface area (Å²) in [6.45, 7) is 3.91. The van der Waals surface area contributed by atoms with E-state index in [4.69, 9.17) is 25.5 Å². The highest BCUT2D eigenvalue weighted by molar-refractivity contribution is 6.31. The predicted octanol–water partition coefficient (Wildman–Crippen LogP) is 6.62. The maximum Gasteiger partial charge on any atom is 0.305 e. The quantitative estimate of drug-likeness (QED) is 0.216. The first-order chi connectivity index (χ1) is 17.8. The zero-order valence-electron chi connectivity index (χ0n) is 20.8. The van der Waals surface area contributed by atoms with Crippen molar-refractivity contribution in [3.63, 3.8) is 0 Å². The van der Waals surface area contributed by atoms with E-state index in [2.05, 4.69) is 27.1 Å². The van der Waals surface area contributed by atoms with Gasteiger partial charge >= 0.3 is 5.97 Å². The molecule has 0 bridgehead atoms. The molecule has 0 aliphatic rings. The number of carbonyl (C=O) groups excluding carboxylic acids is 1. The fourth-order valence-electron chi connectivity index (χ4n) is 3.66. The molecule has 4 aromatic rings. The van der Waals surface area contributed by atoms with Crippen LogP contribution in [0.3, 0.4) is 0 Å². The molecule has 0 aliphatic carbocycles. The number of nitrogens with zero attached hydrogens (tertiary/aromatic N) is 2. The average Bonchev–Trinajstić information content (AvgIpc) is 3.37. The van der Waals surface area contributed by atoms with Crippen molar-refractivity contribution in [3.8, 4) is 28.9 Å². The van der Waals surface area contributed by atoms with Gasteiger partial charge in [-0.1, -0.05) is 31.4 Å². The van der Waals surface area contributed by atoms with Gasteiger partial charge in [0.05, 0.1) is 30.3 Å². The van der Waals surface area contributed by atoms with Crippen LogP contribution in [0.1, 0.15) is 26.0 Å². The van der Waals surface area contributed by atoms with Crippen LogP contribution in [0, 0.1) is 29.5 Å². The van der Waals surface area contributed by atoms with Gasteiger partial charge in [0.1, 0.15) is 29.5 Å². The highest BCUT2D eigenvalue weighted by Crippen LogP contribution is 2.37. The Balaban J connectivity index is 1.65. The molecule has 7 nitrogen and oxygen atoms in total. The fourth-order valence-corrected chi connectivity index (χ4v) is 3.84. The second-order valence-corrected chi connectivity index (χ2v) is 8.93. The van der Waals surface area contributed by atoms with E-state index in [1.807, 2.05) is 26.0 Å². The number of fused-ring (bicyclic) bond motifs is 1. The number of nitrogens with one attached hydrogen (secondary N) is 1. The summed E-state index contributed by atoms with van der Waals surface area (Å²) in [4.78, 5) is 20.2. The highest BCUT2D eigenvalue weighted by atomic mass is 35.5. The first-order valence-electron chi connectivity index (χ1n) is 11.5. The first kappa shape index (κ1) is 26.0. The van der Waals surface area contributed by atoms with E-state index in [0.29, 0.717) is 51.7 Å². The van der Waals surface area contributed by atoms with E-state index in [1.54, 1.807) is 25.3 Å². The summed E-state index contributed by atoms with van der Waals surface area (Å²) >= 11 is 5.93. The maximum absolute atomic E-state index is 13.6. The van der Waals surface area contributed by atoms with Gasteiger partial charge in [-0.15, -0.1) is 0 Å². The van der Waals surface area contributed by atoms with E-state index in [-0.39, 0.29) is 22.8 Å². The van der Waals surface area contributed by atoms with Gasteiger partial charge in [0.25, 0.3) is 0 Å². The molecule has 2 heterocycles. The Kier molecular flexibility index (Phi) is 7.95. The van der Waals surface area contributed by atoms with E-state index in [9.17, 15) is 9.18 Å². The number of hydrogen-bond acceptors (Lipinski definition) is 7. The summed E-state index contributed by atoms with van der Waals surface area (Å²) in [5, 5.41) is 3.87. The molecule has 9 heteroatoms. The van der Waals surface area contributed by atoms with Crippen molar-refractivity contribution < 1.29 is 23.1 Å². The summed E-state index contributed by atoms with van der Waals surface area (Å²) in [6.07, 6.45) is 1.73. The van der Waals surface area contributed by atoms with Crippen LogP contribution >= 0.6 is 11.6 Å². The summed E-state index contributed by atoms with van der Waals surface area (Å²) in [5.74, 6) is 7.55. The highest BCUT2D eigenvalue weighted by Gasteiger charge is 2.17. The van der Waals surface area contributed by atoms with Gasteiger partial charge in [0, 0.05) is 29.5 Å². The fraction of sp³-hybridized carbons (Fsp3) is 0.250. The molecule has 0 saturated carbocycles. The van der Waals surface area contributed by atoms with Crippen molar-refractivity contribution in [2.75, 3.05) is 19.5 Å². The Morgan fingerprint density at radius 1 is 1.16 bits per heavy atom. The van der Waals surface area contributed by atoms with E-state index in [0.717, 1.165) is 0 Å². The lowest BCUT2D eigenvalue weighted by molar-refractivity contribution is -0.141. The number of aromatic nitrogens is 2. The lowest BCUT2D eigenvalue weighted by atomic mass is 9.93. The SMILES string of the molecule is COC(=O)CC(C)C(C)C#Cc1ccc(-c2cc3c(Nc4ccc(F)c(Cl)c4)ncnc3cc2OC)o1. The van der Waals surface area contributed by atoms with Crippen LogP contribution < -0.4 is 10.1 Å². The van der Waals surface area contributed by atoms with Crippen LogP contribution in [0.25, 0.3) is 22.2 Å². The molecule has 2 atom stereocenters. The third kappa shape index (κ3) is 6.01. The van der Waals surface area contributed by atoms with Gasteiger partial charge in [0.15, 0.2) is 5.76 Å². The van der Waals surface area contributed by atoms with Gasteiger partial charge in [0.2, 0.25) is 0 Å². The van der Waals surface area contributed by atoms with Crippen molar-refractivity contribution >= 4 is 40.0 Å². The molecule has 0 radical (unpaired) electrons. The molecule has 2 unspecified atom stereocenters. The summed E-state index contributed by atoms with van der Waals surface area (Å²) in [6, 6.07) is 11.6. The topological polar surface area (TPSA) is 86.5 Å². The predicted molar refractivity (Wildman–Crippen MR) is 140 cm³/mol. The number of ether oxygens (including phenoxy) is 2. The Labute approximate surface area is 219 Å². The van der Waals surface area contributed by atoms with Crippen LogP contribution in [0.5, 0.6) is 5.75 Å². The Morgan fingerprint density at radius 3 is 2.70 bits per heavy atom. The average molecular weight is 522 g/mol. The van der Waals surface area contributed by atoms with Crippen molar-refractivity contribution in [2.45, 2.75) is 20.3 Å². The molecule has 0 saturated heterocycles. The maximum atomic E-state index is 13.6. The zero-order valence-corrected chi connectivity index (χ0v) is 21.5. The Hall–Kier alpha value is -4.09. The molecule has 2 aromatic carbocycles. The van der Waals surface area contributed by atoms with Crippen LogP contribution in [0.4, 0.5) is 15.9 Å². The van der Waals surface area contributed by atoms with Crippen molar-refractivity contribution in [1.29, 1.82) is 0 Å². The molecule has 0 aliphatic heterocycles. The minimum absolute atomic E-state index is 0.00366. The number of rotatable bonds is 7. The van der Waals surface area contributed by atoms with Gasteiger partial charge in [-0.2, -0.15) is 0 Å². The number of methoxy groups -OCH3 is 2. The number of esters is 1. The molecular weight excluding hydrogens is 497 g/mol. The first-order valence-corrected chi connectivity index (χ1v) is 11.9. The summed E-state index contributed by atoms with van der Waals surface area (Å²) < 4.78 is 29.9. The minimum Gasteiger partial charge on any atom is -0.496 e. The van der Waals surface area contributed by atoms with Gasteiger partial charge < -0.3 is 19.2 Å². The Bertz CT molecular complexity index is 1510. The van der Waals surface area contributed by atoms with Crippen molar-refractivity contribution in [2.24, 2.45) is 11.8 Å². The van der Waals surface area contributed by atoms with Crippen molar-refractivity contribution in [1.82, 2.24) is 9.97 Å². The molecule has 4 rings (SSSR count). The smallest absolute Gasteiger partial charge is 0.305 e. The monoisotopic (exact) mass is 521 g/mol. The van der Waals surface area contributed by atoms with E-state index in [1.165, 1.54) is 25.6 Å². The standard InChI is InChI=1S/C28H25ClFN3O4/c1-16(17(2)11-27(34)36-4)5-7-19-8-10-25(37-19)21-13-20-24(14-26(21)35-3)31-15-32-28(20)33-18-6-9-23(30)22(29)12-18/h6,8-10,12-17H,11H2,1-4H3,(H,31,32,33).